The molecule has 1 aliphatic rings. The van der Waals surface area contributed by atoms with Gasteiger partial charge in [-0.05, 0) is 94.0 Å². The van der Waals surface area contributed by atoms with Crippen molar-refractivity contribution in [3.63, 3.8) is 0 Å². The van der Waals surface area contributed by atoms with Gasteiger partial charge in [0.1, 0.15) is 11.2 Å². The van der Waals surface area contributed by atoms with E-state index in [1.54, 1.807) is 0 Å². The predicted molar refractivity (Wildman–Crippen MR) is 241 cm³/mol. The van der Waals surface area contributed by atoms with Crippen LogP contribution in [0.3, 0.4) is 0 Å². The smallest absolute Gasteiger partial charge is 0.164 e. The minimum absolute atomic E-state index is 0.0415. The van der Waals surface area contributed by atoms with Gasteiger partial charge in [-0.2, -0.15) is 0 Å². The highest BCUT2D eigenvalue weighted by molar-refractivity contribution is 6.07. The molecule has 8 aromatic carbocycles. The molecule has 0 amide bonds. The third-order valence-electron chi connectivity index (χ3n) is 11.7. The molecule has 0 unspecified atom stereocenters. The fourth-order valence-corrected chi connectivity index (χ4v) is 8.71. The van der Waals surface area contributed by atoms with Crippen LogP contribution in [0.4, 0.5) is 17.1 Å². The molecule has 2 heterocycles. The monoisotopic (exact) mass is 758 g/mol. The Kier molecular flexibility index (Phi) is 8.09. The summed E-state index contributed by atoms with van der Waals surface area (Å²) in [5.74, 6) is 1.85. The fourth-order valence-electron chi connectivity index (χ4n) is 8.71. The van der Waals surface area contributed by atoms with Crippen molar-refractivity contribution in [2.24, 2.45) is 0 Å². The van der Waals surface area contributed by atoms with Crippen LogP contribution in [-0.2, 0) is 5.41 Å². The van der Waals surface area contributed by atoms with E-state index < -0.39 is 0 Å². The lowest BCUT2D eigenvalue weighted by Crippen LogP contribution is -2.15. The van der Waals surface area contributed by atoms with Gasteiger partial charge in [0.25, 0.3) is 0 Å². The van der Waals surface area contributed by atoms with E-state index in [0.717, 1.165) is 66.8 Å². The van der Waals surface area contributed by atoms with Crippen LogP contribution in [0.5, 0.6) is 0 Å². The number of hydrogen-bond donors (Lipinski definition) is 0. The summed E-state index contributed by atoms with van der Waals surface area (Å²) in [5.41, 5.74) is 15.2. The van der Waals surface area contributed by atoms with Gasteiger partial charge in [-0.25, -0.2) is 15.0 Å². The average Bonchev–Trinajstić information content (AvgIpc) is 3.78. The number of nitrogens with zero attached hydrogens (tertiary/aromatic N) is 4. The van der Waals surface area contributed by atoms with E-state index in [2.05, 4.69) is 146 Å². The van der Waals surface area contributed by atoms with Crippen molar-refractivity contribution in [3.8, 4) is 56.4 Å². The van der Waals surface area contributed by atoms with E-state index in [4.69, 9.17) is 19.4 Å². The summed E-state index contributed by atoms with van der Waals surface area (Å²) in [5, 5.41) is 2.11. The van der Waals surface area contributed by atoms with E-state index in [1.165, 1.54) is 22.3 Å². The minimum atomic E-state index is -0.0415. The largest absolute Gasteiger partial charge is 0.456 e. The molecule has 0 saturated heterocycles. The van der Waals surface area contributed by atoms with Crippen LogP contribution < -0.4 is 4.90 Å². The quantitative estimate of drug-likeness (QED) is 0.162. The molecule has 5 heteroatoms. The Bertz CT molecular complexity index is 3120. The number of aromatic nitrogens is 3. The van der Waals surface area contributed by atoms with Gasteiger partial charge >= 0.3 is 0 Å². The molecule has 59 heavy (non-hydrogen) atoms. The summed E-state index contributed by atoms with van der Waals surface area (Å²) in [6.45, 7) is 4.65. The zero-order valence-electron chi connectivity index (χ0n) is 32.7. The van der Waals surface area contributed by atoms with Crippen LogP contribution in [0.15, 0.2) is 199 Å². The van der Waals surface area contributed by atoms with Gasteiger partial charge in [0.15, 0.2) is 17.5 Å². The Labute approximate surface area is 342 Å². The van der Waals surface area contributed by atoms with E-state index in [1.807, 2.05) is 66.7 Å². The molecule has 0 aliphatic heterocycles. The third kappa shape index (κ3) is 5.98. The lowest BCUT2D eigenvalue weighted by Gasteiger charge is -2.27. The topological polar surface area (TPSA) is 55.1 Å². The highest BCUT2D eigenvalue weighted by Crippen LogP contribution is 2.50. The molecule has 2 aromatic heterocycles. The van der Waals surface area contributed by atoms with Crippen molar-refractivity contribution in [2.45, 2.75) is 19.3 Å². The number of rotatable bonds is 7. The summed E-state index contributed by atoms with van der Waals surface area (Å²) < 4.78 is 6.58. The number of furan rings is 1. The summed E-state index contributed by atoms with van der Waals surface area (Å²) in [7, 11) is 0. The Morgan fingerprint density at radius 1 is 0.373 bits per heavy atom. The molecule has 0 fully saturated rings. The van der Waals surface area contributed by atoms with Crippen molar-refractivity contribution in [1.82, 2.24) is 15.0 Å². The van der Waals surface area contributed by atoms with Gasteiger partial charge < -0.3 is 9.32 Å². The van der Waals surface area contributed by atoms with Crippen molar-refractivity contribution < 1.29 is 4.42 Å². The normalized spacial score (nSPS) is 12.7. The average molecular weight is 759 g/mol. The zero-order chi connectivity index (χ0) is 39.5. The van der Waals surface area contributed by atoms with E-state index in [9.17, 15) is 0 Å². The van der Waals surface area contributed by atoms with Gasteiger partial charge in [-0.3, -0.25) is 0 Å². The summed E-state index contributed by atoms with van der Waals surface area (Å²) in [4.78, 5) is 17.1. The molecule has 0 atom stereocenters. The van der Waals surface area contributed by atoms with Crippen LogP contribution in [0.25, 0.3) is 78.4 Å². The van der Waals surface area contributed by atoms with E-state index in [-0.39, 0.29) is 5.41 Å². The van der Waals surface area contributed by atoms with Gasteiger partial charge in [0.2, 0.25) is 0 Å². The van der Waals surface area contributed by atoms with E-state index >= 15 is 0 Å². The summed E-state index contributed by atoms with van der Waals surface area (Å²) in [6.07, 6.45) is 0. The van der Waals surface area contributed by atoms with Crippen molar-refractivity contribution in [1.29, 1.82) is 0 Å². The maximum atomic E-state index is 6.58. The molecule has 10 aromatic rings. The van der Waals surface area contributed by atoms with Crippen molar-refractivity contribution >= 4 is 39.0 Å². The Morgan fingerprint density at radius 3 is 1.49 bits per heavy atom. The number of para-hydroxylation sites is 1. The number of benzene rings is 8. The molecular weight excluding hydrogens is 721 g/mol. The van der Waals surface area contributed by atoms with Crippen LogP contribution in [0.2, 0.25) is 0 Å². The molecule has 0 N–H and O–H groups in total. The highest BCUT2D eigenvalue weighted by Gasteiger charge is 2.35. The number of anilines is 3. The molecule has 11 rings (SSSR count). The molecule has 0 bridgehead atoms. The van der Waals surface area contributed by atoms with Crippen LogP contribution in [-0.4, -0.2) is 15.0 Å². The highest BCUT2D eigenvalue weighted by atomic mass is 16.3. The lowest BCUT2D eigenvalue weighted by atomic mass is 9.82. The maximum Gasteiger partial charge on any atom is 0.164 e. The Hall–Kier alpha value is -7.63. The second kappa shape index (κ2) is 13.8. The van der Waals surface area contributed by atoms with Crippen molar-refractivity contribution in [2.75, 3.05) is 4.90 Å². The molecule has 1 aliphatic carbocycles. The number of hydrogen-bond acceptors (Lipinski definition) is 5. The first-order valence-electron chi connectivity index (χ1n) is 20.0. The zero-order valence-corrected chi connectivity index (χ0v) is 32.7. The standard InChI is InChI=1S/C54H38N4O/c1-54(2)47-21-13-12-20-43(47)46-34-42(28-31-48(46)54)58(40-18-10-5-11-19-40)41-26-22-35(23-27-41)38-24-29-44-45-30-25-39(33-50(45)59-49(44)32-38)53-56-51(36-14-6-3-7-15-36)55-52(57-53)37-16-8-4-9-17-37/h3-34H,1-2H3. The molecule has 0 radical (unpaired) electrons. The molecule has 0 spiro atoms. The second-order valence-corrected chi connectivity index (χ2v) is 15.7. The van der Waals surface area contributed by atoms with Gasteiger partial charge in [0.05, 0.1) is 0 Å². The molecule has 5 nitrogen and oxygen atoms in total. The first kappa shape index (κ1) is 34.6. The first-order chi connectivity index (χ1) is 29.0. The van der Waals surface area contributed by atoms with Crippen LogP contribution in [0, 0.1) is 0 Å². The third-order valence-corrected chi connectivity index (χ3v) is 11.7. The second-order valence-electron chi connectivity index (χ2n) is 15.7. The summed E-state index contributed by atoms with van der Waals surface area (Å²) in [6, 6.07) is 68.0. The van der Waals surface area contributed by atoms with Crippen LogP contribution >= 0.6 is 0 Å². The first-order valence-corrected chi connectivity index (χ1v) is 20.0. The Morgan fingerprint density at radius 2 is 0.847 bits per heavy atom. The van der Waals surface area contributed by atoms with Gasteiger partial charge in [-0.1, -0.05) is 147 Å². The van der Waals surface area contributed by atoms with Gasteiger partial charge in [0, 0.05) is 49.9 Å². The Balaban J connectivity index is 0.939. The maximum absolute atomic E-state index is 6.58. The molecular formula is C54H38N4O. The van der Waals surface area contributed by atoms with Gasteiger partial charge in [-0.15, -0.1) is 0 Å². The fraction of sp³-hybridized carbons (Fsp3) is 0.0556. The lowest BCUT2D eigenvalue weighted by molar-refractivity contribution is 0.660. The molecule has 280 valence electrons. The van der Waals surface area contributed by atoms with Crippen molar-refractivity contribution in [3.05, 3.63) is 205 Å². The SMILES string of the molecule is CC1(C)c2ccccc2-c2cc(N(c3ccccc3)c3ccc(-c4ccc5c(c4)oc4cc(-c6nc(-c7ccccc7)nc(-c7ccccc7)n6)ccc45)cc3)ccc21. The minimum Gasteiger partial charge on any atom is -0.456 e. The molecule has 0 saturated carbocycles. The van der Waals surface area contributed by atoms with E-state index in [0.29, 0.717) is 17.5 Å². The predicted octanol–water partition coefficient (Wildman–Crippen LogP) is 14.2. The number of fused-ring (bicyclic) bond motifs is 6. The summed E-state index contributed by atoms with van der Waals surface area (Å²) >= 11 is 0. The van der Waals surface area contributed by atoms with Crippen LogP contribution in [0.1, 0.15) is 25.0 Å².